The van der Waals surface area contributed by atoms with Crippen molar-refractivity contribution in [2.75, 3.05) is 18.6 Å². The first-order valence-corrected chi connectivity index (χ1v) is 9.95. The molecule has 0 bridgehead atoms. The van der Waals surface area contributed by atoms with Gasteiger partial charge in [-0.1, -0.05) is 41.9 Å². The molecule has 0 atom stereocenters. The SMILES string of the molecule is CN(Cc1ccccc1Cl)C(=O)c1ccc(C2SCCS2)cc1. The van der Waals surface area contributed by atoms with Crippen molar-refractivity contribution >= 4 is 41.0 Å². The third-order valence-electron chi connectivity index (χ3n) is 3.76. The van der Waals surface area contributed by atoms with Crippen molar-refractivity contribution in [3.05, 3.63) is 70.2 Å². The third kappa shape index (κ3) is 4.06. The van der Waals surface area contributed by atoms with E-state index in [9.17, 15) is 4.79 Å². The van der Waals surface area contributed by atoms with Crippen LogP contribution in [0, 0.1) is 0 Å². The van der Waals surface area contributed by atoms with Crippen LogP contribution < -0.4 is 0 Å². The second-order valence-corrected chi connectivity index (χ2v) is 8.58. The van der Waals surface area contributed by atoms with E-state index in [0.29, 0.717) is 16.1 Å². The summed E-state index contributed by atoms with van der Waals surface area (Å²) in [6, 6.07) is 15.6. The average molecular weight is 364 g/mol. The van der Waals surface area contributed by atoms with Crippen molar-refractivity contribution in [2.45, 2.75) is 11.1 Å². The number of nitrogens with zero attached hydrogens (tertiary/aromatic N) is 1. The number of hydrogen-bond donors (Lipinski definition) is 0. The maximum Gasteiger partial charge on any atom is 0.253 e. The molecule has 2 aromatic carbocycles. The van der Waals surface area contributed by atoms with Crippen LogP contribution in [0.25, 0.3) is 0 Å². The van der Waals surface area contributed by atoms with E-state index in [4.69, 9.17) is 11.6 Å². The number of hydrogen-bond acceptors (Lipinski definition) is 3. The van der Waals surface area contributed by atoms with Crippen LogP contribution in [-0.2, 0) is 6.54 Å². The number of carbonyl (C=O) groups is 1. The highest BCUT2D eigenvalue weighted by Gasteiger charge is 2.19. The fraction of sp³-hybridized carbons (Fsp3) is 0.278. The van der Waals surface area contributed by atoms with Crippen molar-refractivity contribution in [3.8, 4) is 0 Å². The molecule has 2 nitrogen and oxygen atoms in total. The summed E-state index contributed by atoms with van der Waals surface area (Å²) in [5.74, 6) is 2.43. The summed E-state index contributed by atoms with van der Waals surface area (Å²) in [5, 5.41) is 0.692. The van der Waals surface area contributed by atoms with Gasteiger partial charge >= 0.3 is 0 Å². The first kappa shape index (κ1) is 16.7. The van der Waals surface area contributed by atoms with E-state index in [1.54, 1.807) is 4.90 Å². The molecule has 3 rings (SSSR count). The van der Waals surface area contributed by atoms with Gasteiger partial charge in [0, 0.05) is 35.7 Å². The fourth-order valence-corrected chi connectivity index (χ4v) is 5.56. The van der Waals surface area contributed by atoms with E-state index in [0.717, 1.165) is 11.1 Å². The molecule has 1 aliphatic rings. The maximum atomic E-state index is 12.6. The minimum Gasteiger partial charge on any atom is -0.337 e. The molecule has 0 radical (unpaired) electrons. The van der Waals surface area contributed by atoms with Crippen LogP contribution in [0.1, 0.15) is 26.1 Å². The van der Waals surface area contributed by atoms with Crippen LogP contribution in [0.15, 0.2) is 48.5 Å². The lowest BCUT2D eigenvalue weighted by Gasteiger charge is -2.18. The van der Waals surface area contributed by atoms with E-state index in [2.05, 4.69) is 12.1 Å². The molecule has 1 fully saturated rings. The maximum absolute atomic E-state index is 12.6. The summed E-state index contributed by atoms with van der Waals surface area (Å²) in [5.41, 5.74) is 2.97. The lowest BCUT2D eigenvalue weighted by molar-refractivity contribution is 0.0785. The first-order chi connectivity index (χ1) is 11.1. The van der Waals surface area contributed by atoms with Gasteiger partial charge in [0.15, 0.2) is 0 Å². The minimum atomic E-state index is 0.0168. The Labute approximate surface area is 150 Å². The number of thioether (sulfide) groups is 2. The molecule has 120 valence electrons. The predicted molar refractivity (Wildman–Crippen MR) is 101 cm³/mol. The molecular formula is C18H18ClNOS2. The van der Waals surface area contributed by atoms with Gasteiger partial charge in [-0.05, 0) is 29.3 Å². The molecule has 0 saturated carbocycles. The number of benzene rings is 2. The van der Waals surface area contributed by atoms with E-state index < -0.39 is 0 Å². The number of halogens is 1. The van der Waals surface area contributed by atoms with Crippen LogP contribution in [0.5, 0.6) is 0 Å². The van der Waals surface area contributed by atoms with Crippen molar-refractivity contribution in [3.63, 3.8) is 0 Å². The Morgan fingerprint density at radius 3 is 2.43 bits per heavy atom. The largest absolute Gasteiger partial charge is 0.337 e. The third-order valence-corrected chi connectivity index (χ3v) is 7.24. The smallest absolute Gasteiger partial charge is 0.253 e. The summed E-state index contributed by atoms with van der Waals surface area (Å²) in [4.78, 5) is 14.3. The molecule has 0 aromatic heterocycles. The van der Waals surface area contributed by atoms with Crippen molar-refractivity contribution in [2.24, 2.45) is 0 Å². The molecule has 1 heterocycles. The summed E-state index contributed by atoms with van der Waals surface area (Å²) in [6.07, 6.45) is 0. The Bertz CT molecular complexity index is 684. The molecule has 1 aliphatic heterocycles. The summed E-state index contributed by atoms with van der Waals surface area (Å²) < 4.78 is 0.514. The van der Waals surface area contributed by atoms with Crippen molar-refractivity contribution in [1.82, 2.24) is 4.90 Å². The van der Waals surface area contributed by atoms with Crippen LogP contribution >= 0.6 is 35.1 Å². The minimum absolute atomic E-state index is 0.0168. The Morgan fingerprint density at radius 2 is 1.78 bits per heavy atom. The van der Waals surface area contributed by atoms with Crippen LogP contribution in [0.2, 0.25) is 5.02 Å². The Balaban J connectivity index is 1.68. The van der Waals surface area contributed by atoms with Gasteiger partial charge in [-0.2, -0.15) is 0 Å². The van der Waals surface area contributed by atoms with E-state index >= 15 is 0 Å². The standard InChI is InChI=1S/C18H18ClNOS2/c1-20(12-15-4-2-3-5-16(15)19)17(21)13-6-8-14(9-7-13)18-22-10-11-23-18/h2-9,18H,10-12H2,1H3. The molecule has 1 saturated heterocycles. The van der Waals surface area contributed by atoms with E-state index in [1.165, 1.54) is 17.1 Å². The highest BCUT2D eigenvalue weighted by Crippen LogP contribution is 2.45. The molecule has 0 spiro atoms. The molecular weight excluding hydrogens is 346 g/mol. The summed E-state index contributed by atoms with van der Waals surface area (Å²) in [6.45, 7) is 0.509. The Kier molecular flexibility index (Phi) is 5.57. The number of carbonyl (C=O) groups excluding carboxylic acids is 1. The zero-order valence-corrected chi connectivity index (χ0v) is 15.3. The van der Waals surface area contributed by atoms with E-state index in [1.807, 2.05) is 67.0 Å². The van der Waals surface area contributed by atoms with Gasteiger partial charge in [0.05, 0.1) is 4.58 Å². The predicted octanol–water partition coefficient (Wildman–Crippen LogP) is 5.09. The second kappa shape index (κ2) is 7.65. The van der Waals surface area contributed by atoms with Gasteiger partial charge < -0.3 is 4.90 Å². The van der Waals surface area contributed by atoms with Gasteiger partial charge in [0.25, 0.3) is 5.91 Å². The fourth-order valence-electron chi connectivity index (χ4n) is 2.51. The number of amides is 1. The van der Waals surface area contributed by atoms with Gasteiger partial charge in [-0.15, -0.1) is 23.5 Å². The molecule has 0 unspecified atom stereocenters. The molecule has 0 aliphatic carbocycles. The van der Waals surface area contributed by atoms with Crippen LogP contribution in [-0.4, -0.2) is 29.4 Å². The van der Waals surface area contributed by atoms with Crippen LogP contribution in [0.4, 0.5) is 0 Å². The quantitative estimate of drug-likeness (QED) is 0.754. The molecule has 23 heavy (non-hydrogen) atoms. The highest BCUT2D eigenvalue weighted by atomic mass is 35.5. The molecule has 5 heteroatoms. The lowest BCUT2D eigenvalue weighted by atomic mass is 10.1. The zero-order valence-electron chi connectivity index (χ0n) is 12.9. The highest BCUT2D eigenvalue weighted by molar-refractivity contribution is 8.19. The normalized spacial score (nSPS) is 14.9. The monoisotopic (exact) mass is 363 g/mol. The molecule has 1 amide bonds. The van der Waals surface area contributed by atoms with Gasteiger partial charge in [0.2, 0.25) is 0 Å². The first-order valence-electron chi connectivity index (χ1n) is 7.47. The van der Waals surface area contributed by atoms with Crippen molar-refractivity contribution < 1.29 is 4.79 Å². The number of rotatable bonds is 4. The zero-order chi connectivity index (χ0) is 16.2. The lowest BCUT2D eigenvalue weighted by Crippen LogP contribution is -2.26. The second-order valence-electron chi connectivity index (χ2n) is 5.45. The molecule has 2 aromatic rings. The molecule has 0 N–H and O–H groups in total. The Morgan fingerprint density at radius 1 is 1.13 bits per heavy atom. The Hall–Kier alpha value is -1.10. The van der Waals surface area contributed by atoms with Gasteiger partial charge in [-0.25, -0.2) is 0 Å². The van der Waals surface area contributed by atoms with Gasteiger partial charge in [-0.3, -0.25) is 4.79 Å². The van der Waals surface area contributed by atoms with Crippen molar-refractivity contribution in [1.29, 1.82) is 0 Å². The average Bonchev–Trinajstić information content (AvgIpc) is 3.11. The summed E-state index contributed by atoms with van der Waals surface area (Å²) >= 11 is 10.1. The van der Waals surface area contributed by atoms with Crippen LogP contribution in [0.3, 0.4) is 0 Å². The topological polar surface area (TPSA) is 20.3 Å². The van der Waals surface area contributed by atoms with E-state index in [-0.39, 0.29) is 5.91 Å². The summed E-state index contributed by atoms with van der Waals surface area (Å²) in [7, 11) is 1.81. The van der Waals surface area contributed by atoms with Gasteiger partial charge in [0.1, 0.15) is 0 Å².